The molecule has 0 aromatic carbocycles. The molecule has 1 aliphatic rings. The maximum absolute atomic E-state index is 12.0. The van der Waals surface area contributed by atoms with Gasteiger partial charge in [0, 0.05) is 12.7 Å². The molecule has 100 valence electrons. The van der Waals surface area contributed by atoms with E-state index in [-0.39, 0.29) is 18.5 Å². The summed E-state index contributed by atoms with van der Waals surface area (Å²) < 4.78 is 0. The Morgan fingerprint density at radius 3 is 3.22 bits per heavy atom. The van der Waals surface area contributed by atoms with E-state index in [0.29, 0.717) is 0 Å². The Hall–Kier alpha value is -0.980. The first-order chi connectivity index (χ1) is 8.68. The number of nitrogens with zero attached hydrogens (tertiary/aromatic N) is 2. The van der Waals surface area contributed by atoms with E-state index in [4.69, 9.17) is 0 Å². The molecular weight excluding hydrogens is 250 g/mol. The third-order valence-corrected chi connectivity index (χ3v) is 4.20. The van der Waals surface area contributed by atoms with Gasteiger partial charge in [-0.1, -0.05) is 6.42 Å². The number of thiazole rings is 1. The molecule has 2 N–H and O–H groups in total. The molecule has 6 heteroatoms. The topological polar surface area (TPSA) is 65.5 Å². The number of aliphatic hydroxyl groups is 1. The second kappa shape index (κ2) is 6.26. The summed E-state index contributed by atoms with van der Waals surface area (Å²) in [5.41, 5.74) is 1.68. The van der Waals surface area contributed by atoms with Gasteiger partial charge in [0.05, 0.1) is 16.4 Å². The number of aromatic nitrogens is 1. The number of amides is 1. The summed E-state index contributed by atoms with van der Waals surface area (Å²) in [6.07, 6.45) is 4.13. The Balaban J connectivity index is 1.80. The molecule has 0 spiro atoms. The fourth-order valence-corrected chi connectivity index (χ4v) is 2.82. The molecule has 1 aliphatic heterocycles. The van der Waals surface area contributed by atoms with Gasteiger partial charge in [-0.2, -0.15) is 0 Å². The number of nitrogens with one attached hydrogen (secondary N) is 1. The number of hydrogen-bond acceptors (Lipinski definition) is 5. The van der Waals surface area contributed by atoms with Crippen LogP contribution in [0.1, 0.15) is 30.2 Å². The number of hydrogen-bond donors (Lipinski definition) is 2. The Morgan fingerprint density at radius 1 is 1.72 bits per heavy atom. The largest absolute Gasteiger partial charge is 0.386 e. The van der Waals surface area contributed by atoms with Crippen LogP contribution in [0.3, 0.4) is 0 Å². The van der Waals surface area contributed by atoms with E-state index in [1.165, 1.54) is 11.3 Å². The van der Waals surface area contributed by atoms with Gasteiger partial charge in [-0.25, -0.2) is 0 Å². The van der Waals surface area contributed by atoms with Gasteiger partial charge in [-0.15, -0.1) is 11.3 Å². The number of carbonyl (C=O) groups is 1. The lowest BCUT2D eigenvalue weighted by atomic mass is 10.0. The van der Waals surface area contributed by atoms with Gasteiger partial charge in [0.25, 0.3) is 0 Å². The number of aliphatic hydroxyl groups excluding tert-OH is 1. The highest BCUT2D eigenvalue weighted by Crippen LogP contribution is 2.17. The number of piperidine rings is 1. The second-order valence-electron chi connectivity index (χ2n) is 4.66. The van der Waals surface area contributed by atoms with Crippen molar-refractivity contribution in [3.8, 4) is 0 Å². The van der Waals surface area contributed by atoms with Crippen LogP contribution >= 0.6 is 11.3 Å². The van der Waals surface area contributed by atoms with Crippen LogP contribution in [0.4, 0.5) is 0 Å². The zero-order chi connectivity index (χ0) is 13.0. The van der Waals surface area contributed by atoms with Gasteiger partial charge in [0.2, 0.25) is 5.91 Å². The van der Waals surface area contributed by atoms with E-state index in [1.54, 1.807) is 11.7 Å². The summed E-state index contributed by atoms with van der Waals surface area (Å²) in [7, 11) is 1.98. The predicted octanol–water partition coefficient (Wildman–Crippen LogP) is 0.777. The average Bonchev–Trinajstić information content (AvgIpc) is 2.90. The van der Waals surface area contributed by atoms with E-state index in [0.717, 1.165) is 30.7 Å². The highest BCUT2D eigenvalue weighted by molar-refractivity contribution is 7.09. The van der Waals surface area contributed by atoms with Crippen LogP contribution in [0.15, 0.2) is 11.7 Å². The summed E-state index contributed by atoms with van der Waals surface area (Å²) in [4.78, 5) is 18.8. The molecule has 18 heavy (non-hydrogen) atoms. The van der Waals surface area contributed by atoms with Crippen LogP contribution in [-0.2, 0) is 4.79 Å². The first-order valence-corrected chi connectivity index (χ1v) is 7.11. The fourth-order valence-electron chi connectivity index (χ4n) is 2.21. The molecule has 0 saturated carbocycles. The van der Waals surface area contributed by atoms with Crippen molar-refractivity contribution in [1.29, 1.82) is 0 Å². The molecule has 1 aromatic heterocycles. The van der Waals surface area contributed by atoms with Gasteiger partial charge in [-0.05, 0) is 26.4 Å². The van der Waals surface area contributed by atoms with Crippen molar-refractivity contribution in [2.75, 3.05) is 20.1 Å². The number of likely N-dealkylation sites (N-methyl/N-ethyl adjacent to an activating group) is 1. The highest BCUT2D eigenvalue weighted by Gasteiger charge is 2.26. The third-order valence-electron chi connectivity index (χ3n) is 3.32. The molecule has 2 rings (SSSR count). The van der Waals surface area contributed by atoms with E-state index in [1.807, 2.05) is 7.05 Å². The quantitative estimate of drug-likeness (QED) is 0.847. The zero-order valence-corrected chi connectivity index (χ0v) is 11.3. The van der Waals surface area contributed by atoms with Crippen molar-refractivity contribution in [3.05, 3.63) is 16.6 Å². The summed E-state index contributed by atoms with van der Waals surface area (Å²) >= 11 is 1.40. The molecule has 0 bridgehead atoms. The van der Waals surface area contributed by atoms with Gasteiger partial charge >= 0.3 is 0 Å². The fraction of sp³-hybridized carbons (Fsp3) is 0.667. The smallest absolute Gasteiger partial charge is 0.237 e. The van der Waals surface area contributed by atoms with Crippen LogP contribution in [-0.4, -0.2) is 47.1 Å². The van der Waals surface area contributed by atoms with Crippen LogP contribution < -0.4 is 5.32 Å². The zero-order valence-electron chi connectivity index (χ0n) is 10.5. The summed E-state index contributed by atoms with van der Waals surface area (Å²) in [5.74, 6) is 0.0146. The van der Waals surface area contributed by atoms with Gasteiger partial charge in [-0.3, -0.25) is 14.7 Å². The molecule has 1 aromatic rings. The van der Waals surface area contributed by atoms with Crippen LogP contribution in [0.25, 0.3) is 0 Å². The molecule has 2 unspecified atom stereocenters. The standard InChI is InChI=1S/C12H19N3O2S/c1-15-5-3-2-4-9(15)12(17)14-6-10(16)11-7-13-8-18-11/h7-10,16H,2-6H2,1H3,(H,14,17). The average molecular weight is 269 g/mol. The van der Waals surface area contributed by atoms with Gasteiger partial charge in [0.1, 0.15) is 6.10 Å². The normalized spacial score (nSPS) is 22.7. The van der Waals surface area contributed by atoms with Crippen molar-refractivity contribution < 1.29 is 9.90 Å². The Bertz CT molecular complexity index is 383. The van der Waals surface area contributed by atoms with E-state index in [9.17, 15) is 9.90 Å². The Morgan fingerprint density at radius 2 is 2.56 bits per heavy atom. The summed E-state index contributed by atoms with van der Waals surface area (Å²) in [5, 5.41) is 12.7. The summed E-state index contributed by atoms with van der Waals surface area (Å²) in [6.45, 7) is 1.22. The molecule has 0 aliphatic carbocycles. The summed E-state index contributed by atoms with van der Waals surface area (Å²) in [6, 6.07) is -0.0487. The minimum atomic E-state index is -0.657. The lowest BCUT2D eigenvalue weighted by molar-refractivity contribution is -0.127. The monoisotopic (exact) mass is 269 g/mol. The van der Waals surface area contributed by atoms with Crippen LogP contribution in [0, 0.1) is 0 Å². The minimum absolute atomic E-state index is 0.0146. The molecule has 2 heterocycles. The highest BCUT2D eigenvalue weighted by atomic mass is 32.1. The van der Waals surface area contributed by atoms with E-state index in [2.05, 4.69) is 15.2 Å². The Kier molecular flexibility index (Phi) is 4.68. The van der Waals surface area contributed by atoms with Crippen LogP contribution in [0.2, 0.25) is 0 Å². The van der Waals surface area contributed by atoms with E-state index < -0.39 is 6.10 Å². The van der Waals surface area contributed by atoms with Crippen molar-refractivity contribution >= 4 is 17.2 Å². The SMILES string of the molecule is CN1CCCCC1C(=O)NCC(O)c1cncs1. The second-order valence-corrected chi connectivity index (χ2v) is 5.57. The minimum Gasteiger partial charge on any atom is -0.386 e. The molecule has 0 radical (unpaired) electrons. The van der Waals surface area contributed by atoms with Crippen molar-refractivity contribution in [2.24, 2.45) is 0 Å². The van der Waals surface area contributed by atoms with E-state index >= 15 is 0 Å². The lowest BCUT2D eigenvalue weighted by Crippen LogP contribution is -2.48. The molecule has 1 saturated heterocycles. The maximum atomic E-state index is 12.0. The number of rotatable bonds is 4. The third kappa shape index (κ3) is 3.28. The lowest BCUT2D eigenvalue weighted by Gasteiger charge is -2.31. The van der Waals surface area contributed by atoms with Crippen molar-refractivity contribution in [2.45, 2.75) is 31.4 Å². The maximum Gasteiger partial charge on any atom is 0.237 e. The molecule has 1 fully saturated rings. The van der Waals surface area contributed by atoms with Gasteiger partial charge < -0.3 is 10.4 Å². The molecule has 5 nitrogen and oxygen atoms in total. The van der Waals surface area contributed by atoms with Gasteiger partial charge in [0.15, 0.2) is 0 Å². The van der Waals surface area contributed by atoms with Crippen LogP contribution in [0.5, 0.6) is 0 Å². The molecule has 1 amide bonds. The Labute approximate surface area is 111 Å². The number of likely N-dealkylation sites (tertiary alicyclic amines) is 1. The first-order valence-electron chi connectivity index (χ1n) is 6.23. The van der Waals surface area contributed by atoms with Crippen molar-refractivity contribution in [3.63, 3.8) is 0 Å². The van der Waals surface area contributed by atoms with Crippen molar-refractivity contribution in [1.82, 2.24) is 15.2 Å². The predicted molar refractivity (Wildman–Crippen MR) is 70.4 cm³/mol. The molecule has 2 atom stereocenters. The number of carbonyl (C=O) groups excluding carboxylic acids is 1. The first kappa shape index (κ1) is 13.5. The molecular formula is C12H19N3O2S.